The zero-order valence-electron chi connectivity index (χ0n) is 10.6. The molecule has 3 nitrogen and oxygen atoms in total. The minimum atomic E-state index is -0.948. The lowest BCUT2D eigenvalue weighted by Gasteiger charge is -2.06. The fourth-order valence-electron chi connectivity index (χ4n) is 1.65. The van der Waals surface area contributed by atoms with Gasteiger partial charge in [-0.1, -0.05) is 34.1 Å². The molecule has 0 radical (unpaired) electrons. The molecule has 0 aliphatic heterocycles. The molecule has 0 amide bonds. The van der Waals surface area contributed by atoms with Crippen molar-refractivity contribution in [3.63, 3.8) is 0 Å². The molecule has 20 heavy (non-hydrogen) atoms. The molecular formula is C15H13BrO3S. The van der Waals surface area contributed by atoms with Gasteiger partial charge in [-0.15, -0.1) is 11.3 Å². The molecule has 0 bridgehead atoms. The van der Waals surface area contributed by atoms with Gasteiger partial charge in [0.25, 0.3) is 0 Å². The van der Waals surface area contributed by atoms with Gasteiger partial charge in [-0.2, -0.15) is 0 Å². The maximum Gasteiger partial charge on any atom is 0.328 e. The van der Waals surface area contributed by atoms with Crippen LogP contribution in [0, 0.1) is 0 Å². The van der Waals surface area contributed by atoms with E-state index in [0.717, 1.165) is 26.6 Å². The minimum absolute atomic E-state index is 0.471. The van der Waals surface area contributed by atoms with E-state index >= 15 is 0 Å². The van der Waals surface area contributed by atoms with Gasteiger partial charge < -0.3 is 9.84 Å². The van der Waals surface area contributed by atoms with Gasteiger partial charge in [-0.3, -0.25) is 0 Å². The van der Waals surface area contributed by atoms with Crippen molar-refractivity contribution in [3.8, 4) is 0 Å². The van der Waals surface area contributed by atoms with Crippen LogP contribution in [0.3, 0.4) is 0 Å². The van der Waals surface area contributed by atoms with Crippen molar-refractivity contribution < 1.29 is 14.6 Å². The van der Waals surface area contributed by atoms with Crippen LogP contribution in [0.15, 0.2) is 46.3 Å². The summed E-state index contributed by atoms with van der Waals surface area (Å²) in [5.74, 6) is -0.948. The highest BCUT2D eigenvalue weighted by atomic mass is 79.9. The predicted octanol–water partition coefficient (Wildman–Crippen LogP) is 4.33. The second-order valence-corrected chi connectivity index (χ2v) is 5.91. The fraction of sp³-hybridized carbons (Fsp3) is 0.133. The lowest BCUT2D eigenvalue weighted by molar-refractivity contribution is -0.131. The Kier molecular flexibility index (Phi) is 5.52. The topological polar surface area (TPSA) is 46.5 Å². The first kappa shape index (κ1) is 15.0. The quantitative estimate of drug-likeness (QED) is 0.787. The van der Waals surface area contributed by atoms with Crippen molar-refractivity contribution in [2.75, 3.05) is 0 Å². The van der Waals surface area contributed by atoms with Gasteiger partial charge in [0, 0.05) is 15.4 Å². The number of benzene rings is 1. The molecule has 0 unspecified atom stereocenters. The van der Waals surface area contributed by atoms with Crippen LogP contribution >= 0.6 is 27.3 Å². The normalized spacial score (nSPS) is 11.1. The highest BCUT2D eigenvalue weighted by molar-refractivity contribution is 9.10. The number of carbonyl (C=O) groups is 1. The predicted molar refractivity (Wildman–Crippen MR) is 83.6 cm³/mol. The molecule has 0 fully saturated rings. The zero-order valence-corrected chi connectivity index (χ0v) is 13.0. The van der Waals surface area contributed by atoms with Gasteiger partial charge in [0.2, 0.25) is 0 Å². The average molecular weight is 353 g/mol. The van der Waals surface area contributed by atoms with Crippen molar-refractivity contribution >= 4 is 39.3 Å². The van der Waals surface area contributed by atoms with E-state index in [1.54, 1.807) is 17.4 Å². The minimum Gasteiger partial charge on any atom is -0.478 e. The summed E-state index contributed by atoms with van der Waals surface area (Å²) in [5.41, 5.74) is 1.98. The van der Waals surface area contributed by atoms with Crippen LogP contribution in [-0.2, 0) is 22.7 Å². The molecular weight excluding hydrogens is 340 g/mol. The van der Waals surface area contributed by atoms with Crippen molar-refractivity contribution in [1.29, 1.82) is 0 Å². The molecule has 5 heteroatoms. The third-order valence-corrected chi connectivity index (χ3v) is 4.32. The van der Waals surface area contributed by atoms with Crippen molar-refractivity contribution in [1.82, 2.24) is 0 Å². The lowest BCUT2D eigenvalue weighted by atomic mass is 10.2. The Balaban J connectivity index is 1.93. The average Bonchev–Trinajstić information content (AvgIpc) is 2.86. The Bertz CT molecular complexity index is 619. The van der Waals surface area contributed by atoms with E-state index in [4.69, 9.17) is 9.84 Å². The number of carboxylic acid groups (broad SMARTS) is 1. The molecule has 0 spiro atoms. The second kappa shape index (κ2) is 7.38. The summed E-state index contributed by atoms with van der Waals surface area (Å²) in [5, 5.41) is 10.6. The molecule has 0 saturated heterocycles. The SMILES string of the molecule is O=C(O)/C=C/c1ccsc1COCc1ccccc1Br. The molecule has 0 aliphatic rings. The third kappa shape index (κ3) is 4.30. The Labute approximate surface area is 129 Å². The number of thiophene rings is 1. The van der Waals surface area contributed by atoms with Gasteiger partial charge in [-0.05, 0) is 34.7 Å². The molecule has 2 rings (SSSR count). The monoisotopic (exact) mass is 352 g/mol. The smallest absolute Gasteiger partial charge is 0.328 e. The molecule has 2 aromatic rings. The standard InChI is InChI=1S/C15H13BrO3S/c16-13-4-2-1-3-12(13)9-19-10-14-11(7-8-20-14)5-6-15(17)18/h1-8H,9-10H2,(H,17,18)/b6-5+. The zero-order chi connectivity index (χ0) is 14.4. The van der Waals surface area contributed by atoms with E-state index in [2.05, 4.69) is 15.9 Å². The molecule has 1 N–H and O–H groups in total. The van der Waals surface area contributed by atoms with Crippen molar-refractivity contribution in [2.45, 2.75) is 13.2 Å². The maximum absolute atomic E-state index is 10.5. The molecule has 1 aromatic heterocycles. The number of aliphatic carboxylic acids is 1. The number of carboxylic acids is 1. The number of rotatable bonds is 6. The van der Waals surface area contributed by atoms with Crippen LogP contribution in [0.25, 0.3) is 6.08 Å². The van der Waals surface area contributed by atoms with E-state index in [-0.39, 0.29) is 0 Å². The summed E-state index contributed by atoms with van der Waals surface area (Å²) in [6, 6.07) is 9.80. The van der Waals surface area contributed by atoms with Gasteiger partial charge in [0.05, 0.1) is 13.2 Å². The van der Waals surface area contributed by atoms with Gasteiger partial charge in [0.1, 0.15) is 0 Å². The van der Waals surface area contributed by atoms with Gasteiger partial charge in [0.15, 0.2) is 0 Å². The van der Waals surface area contributed by atoms with Gasteiger partial charge in [-0.25, -0.2) is 4.79 Å². The van der Waals surface area contributed by atoms with E-state index in [9.17, 15) is 4.79 Å². The Morgan fingerprint density at radius 2 is 2.10 bits per heavy atom. The first-order chi connectivity index (χ1) is 9.66. The number of hydrogen-bond donors (Lipinski definition) is 1. The highest BCUT2D eigenvalue weighted by Gasteiger charge is 2.04. The maximum atomic E-state index is 10.5. The van der Waals surface area contributed by atoms with Crippen molar-refractivity contribution in [3.05, 3.63) is 62.3 Å². The fourth-order valence-corrected chi connectivity index (χ4v) is 2.85. The van der Waals surface area contributed by atoms with Crippen LogP contribution in [0.4, 0.5) is 0 Å². The van der Waals surface area contributed by atoms with E-state index in [1.807, 2.05) is 35.7 Å². The van der Waals surface area contributed by atoms with E-state index < -0.39 is 5.97 Å². The van der Waals surface area contributed by atoms with Gasteiger partial charge >= 0.3 is 5.97 Å². The van der Waals surface area contributed by atoms with Crippen LogP contribution in [0.2, 0.25) is 0 Å². The largest absolute Gasteiger partial charge is 0.478 e. The first-order valence-electron chi connectivity index (χ1n) is 5.95. The highest BCUT2D eigenvalue weighted by Crippen LogP contribution is 2.21. The van der Waals surface area contributed by atoms with Crippen molar-refractivity contribution in [2.24, 2.45) is 0 Å². The van der Waals surface area contributed by atoms with E-state index in [0.29, 0.717) is 13.2 Å². The number of halogens is 1. The molecule has 0 atom stereocenters. The summed E-state index contributed by atoms with van der Waals surface area (Å²) in [6.07, 6.45) is 2.73. The molecule has 104 valence electrons. The van der Waals surface area contributed by atoms with Crippen LogP contribution in [0.1, 0.15) is 16.0 Å². The number of hydrogen-bond acceptors (Lipinski definition) is 3. The lowest BCUT2D eigenvalue weighted by Crippen LogP contribution is -1.94. The molecule has 0 saturated carbocycles. The Morgan fingerprint density at radius 3 is 2.85 bits per heavy atom. The van der Waals surface area contributed by atoms with Crippen LogP contribution in [-0.4, -0.2) is 11.1 Å². The molecule has 0 aliphatic carbocycles. The van der Waals surface area contributed by atoms with Crippen LogP contribution < -0.4 is 0 Å². The molecule has 1 aromatic carbocycles. The first-order valence-corrected chi connectivity index (χ1v) is 7.62. The summed E-state index contributed by atoms with van der Waals surface area (Å²) in [6.45, 7) is 0.986. The summed E-state index contributed by atoms with van der Waals surface area (Å²) < 4.78 is 6.72. The molecule has 1 heterocycles. The third-order valence-electron chi connectivity index (χ3n) is 2.63. The van der Waals surface area contributed by atoms with Crippen LogP contribution in [0.5, 0.6) is 0 Å². The number of ether oxygens (including phenoxy) is 1. The second-order valence-electron chi connectivity index (χ2n) is 4.05. The summed E-state index contributed by atoms with van der Waals surface area (Å²) in [4.78, 5) is 11.5. The summed E-state index contributed by atoms with van der Waals surface area (Å²) in [7, 11) is 0. The van der Waals surface area contributed by atoms with E-state index in [1.165, 1.54) is 0 Å². The Morgan fingerprint density at radius 1 is 1.30 bits per heavy atom. The Hall–Kier alpha value is -1.43. The summed E-state index contributed by atoms with van der Waals surface area (Å²) >= 11 is 5.04.